The number of benzene rings is 1. The van der Waals surface area contributed by atoms with Gasteiger partial charge in [0.15, 0.2) is 0 Å². The number of ether oxygens (including phenoxy) is 1. The first-order valence-electron chi connectivity index (χ1n) is 6.11. The van der Waals surface area contributed by atoms with Gasteiger partial charge in [-0.1, -0.05) is 12.1 Å². The molecular formula is C14H14O6S. The molecular weight excluding hydrogens is 296 g/mol. The summed E-state index contributed by atoms with van der Waals surface area (Å²) in [5, 5.41) is 8.40. The number of methoxy groups -OCH3 is 1. The summed E-state index contributed by atoms with van der Waals surface area (Å²) in [6.07, 6.45) is 0.301. The second-order valence-electron chi connectivity index (χ2n) is 4.34. The number of hydrogen-bond donors (Lipinski definition) is 1. The molecule has 21 heavy (non-hydrogen) atoms. The molecule has 0 unspecified atom stereocenters. The average molecular weight is 310 g/mol. The summed E-state index contributed by atoms with van der Waals surface area (Å²) in [4.78, 5) is 10.7. The number of hydrogen-bond acceptors (Lipinski definition) is 5. The quantitative estimate of drug-likeness (QED) is 0.877. The van der Waals surface area contributed by atoms with Crippen molar-refractivity contribution in [3.8, 4) is 5.75 Å². The predicted octanol–water partition coefficient (Wildman–Crippen LogP) is 2.00. The number of aromatic carboxylic acids is 1. The van der Waals surface area contributed by atoms with Crippen LogP contribution < -0.4 is 4.74 Å². The van der Waals surface area contributed by atoms with Crippen molar-refractivity contribution in [3.05, 3.63) is 47.7 Å². The molecule has 0 aliphatic heterocycles. The second kappa shape index (κ2) is 6.01. The third-order valence-electron chi connectivity index (χ3n) is 2.92. The van der Waals surface area contributed by atoms with Gasteiger partial charge in [0.2, 0.25) is 20.7 Å². The van der Waals surface area contributed by atoms with Crippen LogP contribution in [0.15, 0.2) is 45.9 Å². The molecule has 1 N–H and O–H groups in total. The van der Waals surface area contributed by atoms with Gasteiger partial charge in [-0.25, -0.2) is 13.2 Å². The Morgan fingerprint density at radius 2 is 1.86 bits per heavy atom. The summed E-state index contributed by atoms with van der Waals surface area (Å²) in [7, 11) is -2.10. The minimum atomic E-state index is -3.65. The van der Waals surface area contributed by atoms with Crippen LogP contribution >= 0.6 is 0 Å². The largest absolute Gasteiger partial charge is 0.497 e. The molecule has 1 heterocycles. The molecule has 2 rings (SSSR count). The van der Waals surface area contributed by atoms with E-state index in [-0.39, 0.29) is 10.8 Å². The minimum absolute atomic E-state index is 0.161. The molecule has 1 aromatic heterocycles. The van der Waals surface area contributed by atoms with E-state index in [0.717, 1.165) is 17.7 Å². The van der Waals surface area contributed by atoms with E-state index in [9.17, 15) is 13.2 Å². The van der Waals surface area contributed by atoms with Gasteiger partial charge in [0.25, 0.3) is 0 Å². The van der Waals surface area contributed by atoms with Crippen molar-refractivity contribution < 1.29 is 27.5 Å². The fourth-order valence-electron chi connectivity index (χ4n) is 1.75. The summed E-state index contributed by atoms with van der Waals surface area (Å²) in [5.41, 5.74) is 0.837. The molecule has 0 saturated carbocycles. The van der Waals surface area contributed by atoms with Crippen LogP contribution in [-0.4, -0.2) is 32.4 Å². The van der Waals surface area contributed by atoms with Crippen LogP contribution in [0, 0.1) is 0 Å². The summed E-state index contributed by atoms with van der Waals surface area (Å²) in [5.74, 6) is -1.16. The van der Waals surface area contributed by atoms with Crippen LogP contribution in [0.2, 0.25) is 0 Å². The van der Waals surface area contributed by atoms with Gasteiger partial charge < -0.3 is 14.3 Å². The van der Waals surface area contributed by atoms with Gasteiger partial charge in [-0.2, -0.15) is 0 Å². The Kier molecular flexibility index (Phi) is 4.32. The Morgan fingerprint density at radius 1 is 1.19 bits per heavy atom. The van der Waals surface area contributed by atoms with Crippen LogP contribution in [0.25, 0.3) is 0 Å². The first-order valence-corrected chi connectivity index (χ1v) is 7.76. The average Bonchev–Trinajstić information content (AvgIpc) is 2.97. The second-order valence-corrected chi connectivity index (χ2v) is 6.38. The molecule has 0 spiro atoms. The zero-order valence-electron chi connectivity index (χ0n) is 11.3. The molecule has 0 fully saturated rings. The van der Waals surface area contributed by atoms with E-state index in [0.29, 0.717) is 12.2 Å². The van der Waals surface area contributed by atoms with Gasteiger partial charge >= 0.3 is 5.97 Å². The molecule has 0 radical (unpaired) electrons. The smallest absolute Gasteiger partial charge is 0.371 e. The van der Waals surface area contributed by atoms with E-state index < -0.39 is 21.6 Å². The summed E-state index contributed by atoms with van der Waals surface area (Å²) < 4.78 is 34.0. The number of carboxylic acids is 1. The topological polar surface area (TPSA) is 93.8 Å². The summed E-state index contributed by atoms with van der Waals surface area (Å²) >= 11 is 0. The SMILES string of the molecule is COc1ccc(CCS(=O)(=O)c2ccc(C(=O)O)o2)cc1. The minimum Gasteiger partial charge on any atom is -0.497 e. The normalized spacial score (nSPS) is 11.3. The standard InChI is InChI=1S/C14H14O6S/c1-19-11-4-2-10(3-5-11)8-9-21(17,18)13-7-6-12(20-13)14(15)16/h2-7H,8-9H2,1H3,(H,15,16). The van der Waals surface area contributed by atoms with Crippen LogP contribution in [-0.2, 0) is 16.3 Å². The Bertz CT molecular complexity index is 727. The number of rotatable bonds is 6. The van der Waals surface area contributed by atoms with E-state index in [4.69, 9.17) is 14.3 Å². The number of carboxylic acid groups (broad SMARTS) is 1. The predicted molar refractivity (Wildman–Crippen MR) is 74.4 cm³/mol. The lowest BCUT2D eigenvalue weighted by molar-refractivity contribution is 0.0656. The number of sulfone groups is 1. The Hall–Kier alpha value is -2.28. The van der Waals surface area contributed by atoms with Gasteiger partial charge in [0.05, 0.1) is 12.9 Å². The molecule has 2 aromatic rings. The van der Waals surface area contributed by atoms with Crippen LogP contribution in [0.1, 0.15) is 16.1 Å². The molecule has 112 valence electrons. The van der Waals surface area contributed by atoms with Crippen LogP contribution in [0.3, 0.4) is 0 Å². The molecule has 6 nitrogen and oxygen atoms in total. The van der Waals surface area contributed by atoms with E-state index in [1.165, 1.54) is 0 Å². The van der Waals surface area contributed by atoms with Crippen molar-refractivity contribution in [1.29, 1.82) is 0 Å². The van der Waals surface area contributed by atoms with E-state index in [2.05, 4.69) is 0 Å². The Labute approximate surface area is 121 Å². The van der Waals surface area contributed by atoms with Gasteiger partial charge in [0, 0.05) is 0 Å². The Balaban J connectivity index is 2.07. The maximum Gasteiger partial charge on any atom is 0.371 e. The van der Waals surface area contributed by atoms with Gasteiger partial charge in [-0.15, -0.1) is 0 Å². The highest BCUT2D eigenvalue weighted by Crippen LogP contribution is 2.18. The van der Waals surface area contributed by atoms with Gasteiger partial charge in [-0.3, -0.25) is 0 Å². The van der Waals surface area contributed by atoms with Crippen molar-refractivity contribution in [2.24, 2.45) is 0 Å². The highest BCUT2D eigenvalue weighted by atomic mass is 32.2. The third kappa shape index (κ3) is 3.63. The lowest BCUT2D eigenvalue weighted by Gasteiger charge is -2.03. The van der Waals surface area contributed by atoms with Crippen molar-refractivity contribution in [2.45, 2.75) is 11.5 Å². The molecule has 1 aromatic carbocycles. The lowest BCUT2D eigenvalue weighted by atomic mass is 10.2. The van der Waals surface area contributed by atoms with E-state index >= 15 is 0 Å². The first-order chi connectivity index (χ1) is 9.92. The zero-order valence-corrected chi connectivity index (χ0v) is 12.1. The number of aryl methyl sites for hydroxylation is 1. The Morgan fingerprint density at radius 3 is 2.38 bits per heavy atom. The van der Waals surface area contributed by atoms with Gasteiger partial charge in [-0.05, 0) is 36.2 Å². The number of furan rings is 1. The zero-order chi connectivity index (χ0) is 15.5. The summed E-state index contributed by atoms with van der Waals surface area (Å²) in [6, 6.07) is 9.34. The van der Waals surface area contributed by atoms with Crippen LogP contribution in [0.4, 0.5) is 0 Å². The lowest BCUT2D eigenvalue weighted by Crippen LogP contribution is -2.08. The third-order valence-corrected chi connectivity index (χ3v) is 4.49. The molecule has 0 saturated heterocycles. The van der Waals surface area contributed by atoms with Crippen molar-refractivity contribution in [1.82, 2.24) is 0 Å². The maximum atomic E-state index is 12.1. The highest BCUT2D eigenvalue weighted by Gasteiger charge is 2.21. The monoisotopic (exact) mass is 310 g/mol. The van der Waals surface area contributed by atoms with Crippen molar-refractivity contribution in [2.75, 3.05) is 12.9 Å². The summed E-state index contributed by atoms with van der Waals surface area (Å²) in [6.45, 7) is 0. The van der Waals surface area contributed by atoms with Crippen LogP contribution in [0.5, 0.6) is 5.75 Å². The molecule has 0 amide bonds. The highest BCUT2D eigenvalue weighted by molar-refractivity contribution is 7.91. The molecule has 0 aliphatic rings. The molecule has 0 atom stereocenters. The fraction of sp³-hybridized carbons (Fsp3) is 0.214. The van der Waals surface area contributed by atoms with Crippen molar-refractivity contribution in [3.63, 3.8) is 0 Å². The van der Waals surface area contributed by atoms with E-state index in [1.807, 2.05) is 0 Å². The number of carbonyl (C=O) groups is 1. The van der Waals surface area contributed by atoms with E-state index in [1.54, 1.807) is 31.4 Å². The molecule has 0 bridgehead atoms. The molecule has 0 aliphatic carbocycles. The van der Waals surface area contributed by atoms with Gasteiger partial charge in [0.1, 0.15) is 5.75 Å². The fourth-order valence-corrected chi connectivity index (χ4v) is 2.94. The molecule has 7 heteroatoms. The van der Waals surface area contributed by atoms with Crippen molar-refractivity contribution >= 4 is 15.8 Å². The first kappa shape index (κ1) is 15.1. The maximum absolute atomic E-state index is 12.1.